The van der Waals surface area contributed by atoms with Gasteiger partial charge in [0.05, 0.1) is 29.4 Å². The Morgan fingerprint density at radius 2 is 1.74 bits per heavy atom. The average Bonchev–Trinajstić information content (AvgIpc) is 3.90. The summed E-state index contributed by atoms with van der Waals surface area (Å²) < 4.78 is 16.1. The maximum atomic E-state index is 13.5. The summed E-state index contributed by atoms with van der Waals surface area (Å²) in [6.07, 6.45) is 16.1. The zero-order valence-corrected chi connectivity index (χ0v) is 37.5. The van der Waals surface area contributed by atoms with Crippen molar-refractivity contribution in [1.82, 2.24) is 34.4 Å². The summed E-state index contributed by atoms with van der Waals surface area (Å²) in [7, 11) is 1.89. The molecular weight excluding hydrogens is 850 g/mol. The highest BCUT2D eigenvalue weighted by molar-refractivity contribution is 6.35. The van der Waals surface area contributed by atoms with Crippen molar-refractivity contribution in [3.63, 3.8) is 0 Å². The lowest BCUT2D eigenvalue weighted by molar-refractivity contribution is -0.137. The number of piperidine rings is 1. The molecular formula is C49H52ClN7O8. The fraction of sp³-hybridized carbons (Fsp3) is 0.388. The van der Waals surface area contributed by atoms with Gasteiger partial charge in [0.1, 0.15) is 23.2 Å². The number of ether oxygens (including phenoxy) is 2. The Hall–Kier alpha value is -6.45. The second-order valence-electron chi connectivity index (χ2n) is 17.2. The number of fused-ring (bicyclic) bond motifs is 3. The Labute approximate surface area is 381 Å². The van der Waals surface area contributed by atoms with Gasteiger partial charge in [0.15, 0.2) is 6.61 Å². The van der Waals surface area contributed by atoms with Crippen LogP contribution in [0.25, 0.3) is 22.0 Å². The molecule has 5 aliphatic rings. The number of carboxylic acids is 1. The highest BCUT2D eigenvalue weighted by Gasteiger charge is 2.40. The fourth-order valence-corrected chi connectivity index (χ4v) is 10.3. The van der Waals surface area contributed by atoms with Gasteiger partial charge >= 0.3 is 5.97 Å². The van der Waals surface area contributed by atoms with Crippen molar-refractivity contribution in [3.05, 3.63) is 117 Å². The van der Waals surface area contributed by atoms with Crippen molar-refractivity contribution in [2.75, 3.05) is 45.9 Å². The van der Waals surface area contributed by atoms with Crippen LogP contribution >= 0.6 is 11.6 Å². The Bertz CT molecular complexity index is 2740. The predicted octanol–water partition coefficient (Wildman–Crippen LogP) is 5.76. The number of carboxylic acid groups (broad SMARTS) is 1. The van der Waals surface area contributed by atoms with E-state index in [0.29, 0.717) is 80.6 Å². The Kier molecular flexibility index (Phi) is 12.3. The number of halogens is 1. The number of rotatable bonds is 14. The van der Waals surface area contributed by atoms with E-state index in [0.717, 1.165) is 44.7 Å². The zero-order chi connectivity index (χ0) is 45.5. The van der Waals surface area contributed by atoms with Gasteiger partial charge in [-0.2, -0.15) is 5.10 Å². The van der Waals surface area contributed by atoms with Crippen LogP contribution < -0.4 is 10.1 Å². The van der Waals surface area contributed by atoms with Gasteiger partial charge in [0, 0.05) is 97.9 Å². The minimum atomic E-state index is -1.02. The lowest BCUT2D eigenvalue weighted by atomic mass is 9.84. The molecule has 3 aliphatic heterocycles. The van der Waals surface area contributed by atoms with E-state index < -0.39 is 17.9 Å². The van der Waals surface area contributed by atoms with Gasteiger partial charge in [-0.1, -0.05) is 60.2 Å². The number of carbonyl (C=O) groups is 5. The monoisotopic (exact) mass is 901 g/mol. The summed E-state index contributed by atoms with van der Waals surface area (Å²) in [6, 6.07) is 8.11. The molecule has 9 rings (SSSR count). The second-order valence-corrected chi connectivity index (χ2v) is 17.7. The van der Waals surface area contributed by atoms with Crippen molar-refractivity contribution in [3.8, 4) is 16.9 Å². The van der Waals surface area contributed by atoms with Gasteiger partial charge in [0.2, 0.25) is 11.8 Å². The molecule has 16 heteroatoms. The Morgan fingerprint density at radius 3 is 2.49 bits per heavy atom. The Morgan fingerprint density at radius 1 is 0.954 bits per heavy atom. The van der Waals surface area contributed by atoms with Crippen LogP contribution in [0.4, 0.5) is 0 Å². The number of aryl methyl sites for hydroxylation is 3. The van der Waals surface area contributed by atoms with Crippen molar-refractivity contribution in [2.45, 2.75) is 58.7 Å². The number of nitrogens with zero attached hydrogens (tertiary/aromatic N) is 6. The minimum absolute atomic E-state index is 0.141. The highest BCUT2D eigenvalue weighted by atomic mass is 35.5. The smallest absolute Gasteiger partial charge is 0.352 e. The number of nitrogens with one attached hydrogen (secondary N) is 1. The number of piperazine rings is 1. The van der Waals surface area contributed by atoms with Gasteiger partial charge in [0.25, 0.3) is 11.8 Å². The van der Waals surface area contributed by atoms with E-state index in [9.17, 15) is 29.1 Å². The first-order valence-electron chi connectivity index (χ1n) is 22.2. The summed E-state index contributed by atoms with van der Waals surface area (Å²) in [5.41, 5.74) is 6.08. The third-order valence-corrected chi connectivity index (χ3v) is 13.7. The SMILES string of the molecule is Cc1nn(C)c(C)c1-c1c(Cl)ccc2c(CCCOC3=CC=CC4C=CC=CC34)c(C(=O)O)n(CCN3CCN(C(=O)COc4cccc5c4CN(C4CCC(=O)NC4=O)C5=O)CC3)c12. The van der Waals surface area contributed by atoms with Gasteiger partial charge in [-0.15, -0.1) is 0 Å². The predicted molar refractivity (Wildman–Crippen MR) is 243 cm³/mol. The van der Waals surface area contributed by atoms with Crippen LogP contribution in [-0.4, -0.2) is 116 Å². The molecule has 5 heterocycles. The summed E-state index contributed by atoms with van der Waals surface area (Å²) in [4.78, 5) is 69.9. The number of carbonyl (C=O) groups excluding carboxylic acids is 4. The zero-order valence-electron chi connectivity index (χ0n) is 36.7. The van der Waals surface area contributed by atoms with Crippen LogP contribution in [0.5, 0.6) is 5.75 Å². The van der Waals surface area contributed by atoms with Crippen LogP contribution in [0.15, 0.2) is 78.6 Å². The summed E-state index contributed by atoms with van der Waals surface area (Å²) in [6.45, 7) is 7.21. The molecule has 15 nitrogen and oxygen atoms in total. The first-order valence-corrected chi connectivity index (χ1v) is 22.6. The third kappa shape index (κ3) is 8.38. The van der Waals surface area contributed by atoms with E-state index in [1.807, 2.05) is 60.5 Å². The van der Waals surface area contributed by atoms with Gasteiger partial charge in [-0.3, -0.25) is 34.1 Å². The molecule has 4 aromatic rings. The summed E-state index contributed by atoms with van der Waals surface area (Å²) in [5.74, 6) is -0.662. The quantitative estimate of drug-likeness (QED) is 0.117. The molecule has 2 fully saturated rings. The molecule has 0 saturated carbocycles. The van der Waals surface area contributed by atoms with Crippen molar-refractivity contribution >= 4 is 52.1 Å². The lowest BCUT2D eigenvalue weighted by Crippen LogP contribution is -2.52. The molecule has 4 amide bonds. The minimum Gasteiger partial charge on any atom is -0.497 e. The third-order valence-electron chi connectivity index (χ3n) is 13.4. The van der Waals surface area contributed by atoms with Crippen LogP contribution in [0, 0.1) is 25.7 Å². The van der Waals surface area contributed by atoms with Gasteiger partial charge < -0.3 is 28.9 Å². The molecule has 2 aromatic heterocycles. The molecule has 338 valence electrons. The maximum Gasteiger partial charge on any atom is 0.352 e. The van der Waals surface area contributed by atoms with E-state index in [1.54, 1.807) is 23.1 Å². The number of amides is 4. The van der Waals surface area contributed by atoms with Gasteiger partial charge in [-0.25, -0.2) is 4.79 Å². The normalized spacial score (nSPS) is 20.6. The average molecular weight is 902 g/mol. The lowest BCUT2D eigenvalue weighted by Gasteiger charge is -2.35. The van der Waals surface area contributed by atoms with E-state index >= 15 is 0 Å². The van der Waals surface area contributed by atoms with E-state index in [-0.39, 0.29) is 61.2 Å². The summed E-state index contributed by atoms with van der Waals surface area (Å²) >= 11 is 7.07. The molecule has 2 aliphatic carbocycles. The molecule has 3 atom stereocenters. The molecule has 0 radical (unpaired) electrons. The second kappa shape index (κ2) is 18.2. The first kappa shape index (κ1) is 43.8. The van der Waals surface area contributed by atoms with E-state index in [2.05, 4.69) is 39.6 Å². The molecule has 2 N–H and O–H groups in total. The standard InChI is InChI=1S/C49H52ClN7O8/c1-29-43(30(2)53(3)52-29)44-37(50)17-16-34-33(13-8-26-64-39-14-6-10-31-9-4-5-11-32(31)39)46(49(62)63)56(45(34)44)25-22-54-20-23-55(24-21-54)42(59)28-65-40-15-7-12-35-36(40)27-57(48(35)61)38-18-19-41(58)51-47(38)60/h4-7,9-12,14-17,31-32,38H,8,13,18-28H2,1-3H3,(H,62,63)(H,51,58,60). The molecule has 65 heavy (non-hydrogen) atoms. The number of aromatic carboxylic acids is 1. The first-order chi connectivity index (χ1) is 31.4. The van der Waals surface area contributed by atoms with Crippen molar-refractivity contribution in [1.29, 1.82) is 0 Å². The molecule has 3 unspecified atom stereocenters. The number of imide groups is 1. The highest BCUT2D eigenvalue weighted by Crippen LogP contribution is 2.42. The van der Waals surface area contributed by atoms with Crippen LogP contribution in [-0.2, 0) is 45.7 Å². The van der Waals surface area contributed by atoms with Gasteiger partial charge in [-0.05, 0) is 62.9 Å². The topological polar surface area (TPSA) is 169 Å². The number of aromatic nitrogens is 3. The molecule has 0 spiro atoms. The van der Waals surface area contributed by atoms with Crippen molar-refractivity contribution < 1.29 is 38.6 Å². The number of hydrogen-bond donors (Lipinski definition) is 2. The van der Waals surface area contributed by atoms with E-state index in [1.165, 1.54) is 4.90 Å². The number of hydrogen-bond acceptors (Lipinski definition) is 9. The number of allylic oxidation sites excluding steroid dienone is 7. The molecule has 2 saturated heterocycles. The molecule has 2 aromatic carbocycles. The van der Waals surface area contributed by atoms with Crippen LogP contribution in [0.1, 0.15) is 62.6 Å². The largest absolute Gasteiger partial charge is 0.497 e. The summed E-state index contributed by atoms with van der Waals surface area (Å²) in [5, 5.41) is 19.3. The van der Waals surface area contributed by atoms with Crippen LogP contribution in [0.2, 0.25) is 5.02 Å². The van der Waals surface area contributed by atoms with Crippen molar-refractivity contribution in [2.24, 2.45) is 18.9 Å². The molecule has 0 bridgehead atoms. The number of benzene rings is 2. The fourth-order valence-electron chi connectivity index (χ4n) is 10.0. The van der Waals surface area contributed by atoms with E-state index in [4.69, 9.17) is 21.1 Å². The van der Waals surface area contributed by atoms with Crippen LogP contribution in [0.3, 0.4) is 0 Å². The maximum absolute atomic E-state index is 13.5. The Balaban J connectivity index is 0.885.